The number of benzene rings is 2. The van der Waals surface area contributed by atoms with E-state index in [2.05, 4.69) is 87.7 Å². The first-order valence-corrected chi connectivity index (χ1v) is 10.4. The molecular weight excluding hydrogens is 358 g/mol. The van der Waals surface area contributed by atoms with Crippen LogP contribution in [0.1, 0.15) is 23.3 Å². The lowest BCUT2D eigenvalue weighted by molar-refractivity contribution is 0.687. The first kappa shape index (κ1) is 15.9. The number of thioether (sulfide) groups is 1. The highest BCUT2D eigenvalue weighted by atomic mass is 32.2. The second-order valence-corrected chi connectivity index (χ2v) is 8.22. The van der Waals surface area contributed by atoms with Crippen LogP contribution in [0, 0.1) is 0 Å². The maximum Gasteiger partial charge on any atom is 0.192 e. The van der Waals surface area contributed by atoms with Gasteiger partial charge < -0.3 is 4.57 Å². The fraction of sp³-hybridized carbons (Fsp3) is 0.143. The molecule has 2 aromatic carbocycles. The smallest absolute Gasteiger partial charge is 0.192 e. The molecule has 0 N–H and O–H groups in total. The number of nitrogens with zero attached hydrogens (tertiary/aromatic N) is 3. The molecule has 2 heterocycles. The summed E-state index contributed by atoms with van der Waals surface area (Å²) in [5.41, 5.74) is 5.40. The average molecular weight is 376 g/mol. The Balaban J connectivity index is 1.59. The number of hydrogen-bond donors (Lipinski definition) is 0. The van der Waals surface area contributed by atoms with Crippen LogP contribution in [0.5, 0.6) is 0 Å². The summed E-state index contributed by atoms with van der Waals surface area (Å²) < 4.78 is 2.22. The molecule has 26 heavy (non-hydrogen) atoms. The number of fused-ring (bicyclic) bond motifs is 3. The lowest BCUT2D eigenvalue weighted by Gasteiger charge is -2.13. The fourth-order valence-electron chi connectivity index (χ4n) is 3.59. The van der Waals surface area contributed by atoms with E-state index in [1.807, 2.05) is 0 Å². The zero-order chi connectivity index (χ0) is 17.5. The third-order valence-electron chi connectivity index (χ3n) is 4.77. The third kappa shape index (κ3) is 2.42. The third-order valence-corrected chi connectivity index (χ3v) is 6.90. The van der Waals surface area contributed by atoms with Crippen LogP contribution >= 0.6 is 23.1 Å². The van der Waals surface area contributed by atoms with Gasteiger partial charge in [0.05, 0.1) is 10.1 Å². The monoisotopic (exact) mass is 375 g/mol. The summed E-state index contributed by atoms with van der Waals surface area (Å²) in [7, 11) is 0. The zero-order valence-electron chi connectivity index (χ0n) is 14.3. The van der Waals surface area contributed by atoms with Crippen LogP contribution < -0.4 is 0 Å². The van der Waals surface area contributed by atoms with Gasteiger partial charge in [-0.25, -0.2) is 0 Å². The number of hydrogen-bond acceptors (Lipinski definition) is 4. The SMILES string of the molecule is CCn1c(SC2c3ccccc3-c3ccccc32)nnc1-c1cccs1. The number of aromatic nitrogens is 3. The topological polar surface area (TPSA) is 30.7 Å². The normalized spacial score (nSPS) is 13.0. The van der Waals surface area contributed by atoms with E-state index in [9.17, 15) is 0 Å². The first-order chi connectivity index (χ1) is 12.9. The Hall–Kier alpha value is -2.37. The molecule has 0 amide bonds. The van der Waals surface area contributed by atoms with Gasteiger partial charge in [0, 0.05) is 6.54 Å². The van der Waals surface area contributed by atoms with Gasteiger partial charge in [-0.2, -0.15) is 0 Å². The Morgan fingerprint density at radius 3 is 2.23 bits per heavy atom. The molecule has 1 aliphatic carbocycles. The van der Waals surface area contributed by atoms with E-state index in [-0.39, 0.29) is 5.25 Å². The lowest BCUT2D eigenvalue weighted by atomic mass is 10.1. The summed E-state index contributed by atoms with van der Waals surface area (Å²) in [6, 6.07) is 21.6. The van der Waals surface area contributed by atoms with Crippen LogP contribution in [-0.4, -0.2) is 14.8 Å². The zero-order valence-corrected chi connectivity index (χ0v) is 15.9. The van der Waals surface area contributed by atoms with Crippen molar-refractivity contribution in [2.45, 2.75) is 23.9 Å². The molecule has 0 radical (unpaired) electrons. The molecule has 5 rings (SSSR count). The van der Waals surface area contributed by atoms with Crippen LogP contribution in [0.15, 0.2) is 71.2 Å². The maximum absolute atomic E-state index is 4.53. The quantitative estimate of drug-likeness (QED) is 0.446. The van der Waals surface area contributed by atoms with Crippen molar-refractivity contribution in [3.05, 3.63) is 77.2 Å². The largest absolute Gasteiger partial charge is 0.302 e. The Bertz CT molecular complexity index is 1020. The summed E-state index contributed by atoms with van der Waals surface area (Å²) >= 11 is 3.51. The molecule has 0 atom stereocenters. The maximum atomic E-state index is 4.53. The molecule has 1 aliphatic rings. The molecule has 0 saturated carbocycles. The molecule has 0 spiro atoms. The fourth-order valence-corrected chi connectivity index (χ4v) is 5.61. The van der Waals surface area contributed by atoms with Gasteiger partial charge in [-0.3, -0.25) is 0 Å². The Morgan fingerprint density at radius 1 is 0.923 bits per heavy atom. The van der Waals surface area contributed by atoms with Gasteiger partial charge in [0.1, 0.15) is 0 Å². The average Bonchev–Trinajstić information content (AvgIpc) is 3.40. The van der Waals surface area contributed by atoms with E-state index < -0.39 is 0 Å². The minimum Gasteiger partial charge on any atom is -0.302 e. The second kappa shape index (κ2) is 6.41. The summed E-state index contributed by atoms with van der Waals surface area (Å²) in [6.07, 6.45) is 0. The van der Waals surface area contributed by atoms with Crippen molar-refractivity contribution in [1.82, 2.24) is 14.8 Å². The highest BCUT2D eigenvalue weighted by molar-refractivity contribution is 7.99. The van der Waals surface area contributed by atoms with Crippen molar-refractivity contribution >= 4 is 23.1 Å². The van der Waals surface area contributed by atoms with Crippen LogP contribution in [0.3, 0.4) is 0 Å². The van der Waals surface area contributed by atoms with Crippen molar-refractivity contribution in [3.63, 3.8) is 0 Å². The van der Waals surface area contributed by atoms with Gasteiger partial charge in [-0.05, 0) is 40.6 Å². The van der Waals surface area contributed by atoms with E-state index in [1.165, 1.54) is 27.1 Å². The van der Waals surface area contributed by atoms with Crippen molar-refractivity contribution in [1.29, 1.82) is 0 Å². The molecule has 0 bridgehead atoms. The Kier molecular flexibility index (Phi) is 3.91. The van der Waals surface area contributed by atoms with E-state index in [0.717, 1.165) is 17.5 Å². The molecular formula is C21H17N3S2. The van der Waals surface area contributed by atoms with Crippen molar-refractivity contribution in [3.8, 4) is 21.8 Å². The van der Waals surface area contributed by atoms with Crippen molar-refractivity contribution in [2.75, 3.05) is 0 Å². The number of rotatable bonds is 4. The predicted molar refractivity (Wildman–Crippen MR) is 109 cm³/mol. The molecule has 128 valence electrons. The molecule has 0 saturated heterocycles. The van der Waals surface area contributed by atoms with Crippen LogP contribution in [0.4, 0.5) is 0 Å². The highest BCUT2D eigenvalue weighted by Gasteiger charge is 2.30. The molecule has 0 unspecified atom stereocenters. The molecule has 2 aromatic heterocycles. The molecule has 3 nitrogen and oxygen atoms in total. The van der Waals surface area contributed by atoms with Gasteiger partial charge in [-0.15, -0.1) is 21.5 Å². The van der Waals surface area contributed by atoms with Crippen molar-refractivity contribution < 1.29 is 0 Å². The molecule has 5 heteroatoms. The minimum atomic E-state index is 0.257. The first-order valence-electron chi connectivity index (χ1n) is 8.68. The molecule has 0 aliphatic heterocycles. The van der Waals surface area contributed by atoms with Crippen molar-refractivity contribution in [2.24, 2.45) is 0 Å². The lowest BCUT2D eigenvalue weighted by Crippen LogP contribution is -2.01. The summed E-state index contributed by atoms with van der Waals surface area (Å²) in [5, 5.41) is 12.3. The van der Waals surface area contributed by atoms with Crippen LogP contribution in [0.25, 0.3) is 21.8 Å². The predicted octanol–water partition coefficient (Wildman–Crippen LogP) is 5.89. The van der Waals surface area contributed by atoms with E-state index in [1.54, 1.807) is 23.1 Å². The summed E-state index contributed by atoms with van der Waals surface area (Å²) in [6.45, 7) is 3.01. The number of thiophene rings is 1. The van der Waals surface area contributed by atoms with E-state index >= 15 is 0 Å². The van der Waals surface area contributed by atoms with Gasteiger partial charge in [0.25, 0.3) is 0 Å². The minimum absolute atomic E-state index is 0.257. The van der Waals surface area contributed by atoms with E-state index in [4.69, 9.17) is 0 Å². The van der Waals surface area contributed by atoms with Gasteiger partial charge >= 0.3 is 0 Å². The van der Waals surface area contributed by atoms with Crippen LogP contribution in [0.2, 0.25) is 0 Å². The standard InChI is InChI=1S/C21H17N3S2/c1-2-24-20(18-12-7-13-25-18)22-23-21(24)26-19-16-10-5-3-8-14(16)15-9-4-6-11-17(15)19/h3-13,19H,2H2,1H3. The summed E-state index contributed by atoms with van der Waals surface area (Å²) in [5.74, 6) is 0.963. The van der Waals surface area contributed by atoms with Gasteiger partial charge in [0.2, 0.25) is 0 Å². The van der Waals surface area contributed by atoms with Gasteiger partial charge in [-0.1, -0.05) is 66.4 Å². The molecule has 4 aromatic rings. The second-order valence-electron chi connectivity index (χ2n) is 6.20. The van der Waals surface area contributed by atoms with Gasteiger partial charge in [0.15, 0.2) is 11.0 Å². The van der Waals surface area contributed by atoms with E-state index in [0.29, 0.717) is 0 Å². The summed E-state index contributed by atoms with van der Waals surface area (Å²) in [4.78, 5) is 1.17. The Morgan fingerprint density at radius 2 is 1.62 bits per heavy atom. The highest BCUT2D eigenvalue weighted by Crippen LogP contribution is 2.52. The Labute approximate surface area is 160 Å². The molecule has 0 fully saturated rings. The van der Waals surface area contributed by atoms with Crippen LogP contribution in [-0.2, 0) is 6.54 Å².